The zero-order valence-corrected chi connectivity index (χ0v) is 11.8. The van der Waals surface area contributed by atoms with E-state index in [1.165, 1.54) is 12.1 Å². The van der Waals surface area contributed by atoms with Gasteiger partial charge in [-0.1, -0.05) is 0 Å². The highest BCUT2D eigenvalue weighted by molar-refractivity contribution is 5.48. The smallest absolute Gasteiger partial charge is 0.393 e. The summed E-state index contributed by atoms with van der Waals surface area (Å²) in [6.45, 7) is 1.93. The van der Waals surface area contributed by atoms with E-state index < -0.39 is 12.6 Å². The SMILES string of the molecule is Nc1ccc(OCCC2CCOCC2)c(CC(F)(F)F)c1. The molecule has 0 saturated carbocycles. The van der Waals surface area contributed by atoms with Crippen molar-refractivity contribution in [2.75, 3.05) is 25.6 Å². The Kier molecular flexibility index (Phi) is 5.33. The summed E-state index contributed by atoms with van der Waals surface area (Å²) >= 11 is 0. The standard InChI is InChI=1S/C15H20F3NO2/c16-15(17,18)10-12-9-13(19)1-2-14(12)21-8-5-11-3-6-20-7-4-11/h1-2,9,11H,3-8,10,19H2. The normalized spacial score (nSPS) is 16.9. The Morgan fingerprint density at radius 2 is 1.95 bits per heavy atom. The Labute approximate surface area is 122 Å². The molecule has 0 unspecified atom stereocenters. The van der Waals surface area contributed by atoms with Gasteiger partial charge < -0.3 is 15.2 Å². The van der Waals surface area contributed by atoms with Crippen LogP contribution in [0.3, 0.4) is 0 Å². The first-order chi connectivity index (χ1) is 9.94. The first-order valence-corrected chi connectivity index (χ1v) is 7.10. The summed E-state index contributed by atoms with van der Waals surface area (Å²) in [5.41, 5.74) is 5.96. The second-order valence-corrected chi connectivity index (χ2v) is 5.35. The minimum atomic E-state index is -4.27. The summed E-state index contributed by atoms with van der Waals surface area (Å²) in [4.78, 5) is 0. The van der Waals surface area contributed by atoms with Gasteiger partial charge in [-0.15, -0.1) is 0 Å². The fraction of sp³-hybridized carbons (Fsp3) is 0.600. The predicted octanol–water partition coefficient (Wildman–Crippen LogP) is 3.57. The number of rotatable bonds is 5. The van der Waals surface area contributed by atoms with E-state index in [4.69, 9.17) is 15.2 Å². The second-order valence-electron chi connectivity index (χ2n) is 5.35. The van der Waals surface area contributed by atoms with Crippen LogP contribution in [0.2, 0.25) is 0 Å². The number of nitrogen functional groups attached to an aromatic ring is 1. The van der Waals surface area contributed by atoms with Crippen molar-refractivity contribution in [3.63, 3.8) is 0 Å². The zero-order chi connectivity index (χ0) is 15.3. The molecule has 2 rings (SSSR count). The molecule has 0 atom stereocenters. The highest BCUT2D eigenvalue weighted by Crippen LogP contribution is 2.29. The Bertz CT molecular complexity index is 457. The van der Waals surface area contributed by atoms with E-state index in [1.54, 1.807) is 6.07 Å². The average molecular weight is 303 g/mol. The molecule has 2 N–H and O–H groups in total. The van der Waals surface area contributed by atoms with E-state index in [0.717, 1.165) is 32.5 Å². The molecule has 1 aromatic carbocycles. The van der Waals surface area contributed by atoms with Crippen LogP contribution in [0.4, 0.5) is 18.9 Å². The quantitative estimate of drug-likeness (QED) is 0.846. The average Bonchev–Trinajstić information content (AvgIpc) is 2.41. The zero-order valence-electron chi connectivity index (χ0n) is 11.8. The molecule has 0 aromatic heterocycles. The van der Waals surface area contributed by atoms with Crippen LogP contribution in [-0.4, -0.2) is 26.0 Å². The van der Waals surface area contributed by atoms with Gasteiger partial charge >= 0.3 is 6.18 Å². The summed E-state index contributed by atoms with van der Waals surface area (Å²) in [5, 5.41) is 0. The van der Waals surface area contributed by atoms with Crippen molar-refractivity contribution in [1.29, 1.82) is 0 Å². The third-order valence-corrected chi connectivity index (χ3v) is 3.60. The summed E-state index contributed by atoms with van der Waals surface area (Å²) in [7, 11) is 0. The van der Waals surface area contributed by atoms with Crippen LogP contribution in [0.15, 0.2) is 18.2 Å². The van der Waals surface area contributed by atoms with Crippen molar-refractivity contribution < 1.29 is 22.6 Å². The molecule has 1 heterocycles. The van der Waals surface area contributed by atoms with E-state index >= 15 is 0 Å². The number of nitrogens with two attached hydrogens (primary N) is 1. The largest absolute Gasteiger partial charge is 0.493 e. The molecule has 0 spiro atoms. The highest BCUT2D eigenvalue weighted by atomic mass is 19.4. The number of halogens is 3. The molecule has 118 valence electrons. The summed E-state index contributed by atoms with van der Waals surface area (Å²) in [5.74, 6) is 0.798. The Morgan fingerprint density at radius 3 is 2.62 bits per heavy atom. The van der Waals surface area contributed by atoms with E-state index in [-0.39, 0.29) is 11.3 Å². The molecule has 1 aromatic rings. The minimum Gasteiger partial charge on any atom is -0.493 e. The molecule has 3 nitrogen and oxygen atoms in total. The van der Waals surface area contributed by atoms with Gasteiger partial charge in [0.25, 0.3) is 0 Å². The van der Waals surface area contributed by atoms with Crippen molar-refractivity contribution in [2.24, 2.45) is 5.92 Å². The van der Waals surface area contributed by atoms with Crippen molar-refractivity contribution in [1.82, 2.24) is 0 Å². The van der Waals surface area contributed by atoms with Crippen LogP contribution in [-0.2, 0) is 11.2 Å². The van der Waals surface area contributed by atoms with Crippen LogP contribution >= 0.6 is 0 Å². The predicted molar refractivity (Wildman–Crippen MR) is 74.3 cm³/mol. The Balaban J connectivity index is 1.92. The van der Waals surface area contributed by atoms with Crippen LogP contribution in [0.5, 0.6) is 5.75 Å². The number of alkyl halides is 3. The second kappa shape index (κ2) is 7.02. The van der Waals surface area contributed by atoms with E-state index in [0.29, 0.717) is 18.2 Å². The maximum absolute atomic E-state index is 12.6. The lowest BCUT2D eigenvalue weighted by molar-refractivity contribution is -0.127. The van der Waals surface area contributed by atoms with Crippen molar-refractivity contribution in [3.8, 4) is 5.75 Å². The van der Waals surface area contributed by atoms with Gasteiger partial charge in [-0.05, 0) is 43.4 Å². The van der Waals surface area contributed by atoms with Crippen molar-refractivity contribution >= 4 is 5.69 Å². The molecule has 0 radical (unpaired) electrons. The van der Waals surface area contributed by atoms with E-state index in [2.05, 4.69) is 0 Å². The van der Waals surface area contributed by atoms with Crippen LogP contribution in [0.25, 0.3) is 0 Å². The van der Waals surface area contributed by atoms with Gasteiger partial charge in [0.15, 0.2) is 0 Å². The van der Waals surface area contributed by atoms with Gasteiger partial charge in [0.1, 0.15) is 5.75 Å². The van der Waals surface area contributed by atoms with Crippen molar-refractivity contribution in [3.05, 3.63) is 23.8 Å². The van der Waals surface area contributed by atoms with Gasteiger partial charge in [-0.2, -0.15) is 13.2 Å². The third-order valence-electron chi connectivity index (χ3n) is 3.60. The highest BCUT2D eigenvalue weighted by Gasteiger charge is 2.29. The summed E-state index contributed by atoms with van der Waals surface area (Å²) < 4.78 is 48.5. The van der Waals surface area contributed by atoms with Crippen LogP contribution in [0.1, 0.15) is 24.8 Å². The first-order valence-electron chi connectivity index (χ1n) is 7.10. The van der Waals surface area contributed by atoms with Crippen LogP contribution in [0, 0.1) is 5.92 Å². The van der Waals surface area contributed by atoms with Crippen LogP contribution < -0.4 is 10.5 Å². The van der Waals surface area contributed by atoms with Gasteiger partial charge in [0.2, 0.25) is 0 Å². The molecular formula is C15H20F3NO2. The number of benzene rings is 1. The molecule has 0 bridgehead atoms. The third kappa shape index (κ3) is 5.46. The number of anilines is 1. The molecule has 6 heteroatoms. The lowest BCUT2D eigenvalue weighted by Crippen LogP contribution is -2.18. The first kappa shape index (κ1) is 15.9. The number of hydrogen-bond acceptors (Lipinski definition) is 3. The summed E-state index contributed by atoms with van der Waals surface area (Å²) in [6, 6.07) is 4.40. The van der Waals surface area contributed by atoms with Gasteiger partial charge in [-0.25, -0.2) is 0 Å². The maximum Gasteiger partial charge on any atom is 0.393 e. The minimum absolute atomic E-state index is 0.0921. The number of ether oxygens (including phenoxy) is 2. The molecule has 21 heavy (non-hydrogen) atoms. The molecule has 0 aliphatic carbocycles. The number of hydrogen-bond donors (Lipinski definition) is 1. The Hall–Kier alpha value is -1.43. The molecule has 0 amide bonds. The molecule has 1 aliphatic heterocycles. The van der Waals surface area contributed by atoms with E-state index in [1.807, 2.05) is 0 Å². The van der Waals surface area contributed by atoms with E-state index in [9.17, 15) is 13.2 Å². The monoisotopic (exact) mass is 303 g/mol. The summed E-state index contributed by atoms with van der Waals surface area (Å²) in [6.07, 6.45) is -2.49. The molecule has 1 fully saturated rings. The molecule has 1 aliphatic rings. The van der Waals surface area contributed by atoms with Gasteiger partial charge in [0.05, 0.1) is 13.0 Å². The van der Waals surface area contributed by atoms with Gasteiger partial charge in [-0.3, -0.25) is 0 Å². The lowest BCUT2D eigenvalue weighted by Gasteiger charge is -2.22. The fourth-order valence-electron chi connectivity index (χ4n) is 2.46. The fourth-order valence-corrected chi connectivity index (χ4v) is 2.46. The molecule has 1 saturated heterocycles. The maximum atomic E-state index is 12.6. The van der Waals surface area contributed by atoms with Gasteiger partial charge in [0, 0.05) is 24.5 Å². The Morgan fingerprint density at radius 1 is 1.24 bits per heavy atom. The lowest BCUT2D eigenvalue weighted by atomic mass is 9.97. The van der Waals surface area contributed by atoms with Crippen molar-refractivity contribution in [2.45, 2.75) is 31.9 Å². The molecular weight excluding hydrogens is 283 g/mol. The topological polar surface area (TPSA) is 44.5 Å².